The molecule has 1 saturated heterocycles. The van der Waals surface area contributed by atoms with Crippen LogP contribution in [0.4, 0.5) is 5.00 Å². The third-order valence-electron chi connectivity index (χ3n) is 3.21. The SMILES string of the molecule is CCOC(=O)c1ccsc1NC(=O)CN1CCCNCC1.Cl. The number of esters is 1. The Morgan fingerprint density at radius 2 is 2.23 bits per heavy atom. The molecule has 1 aliphatic rings. The van der Waals surface area contributed by atoms with Crippen LogP contribution in [-0.2, 0) is 9.53 Å². The van der Waals surface area contributed by atoms with E-state index < -0.39 is 5.97 Å². The lowest BCUT2D eigenvalue weighted by Gasteiger charge is -2.18. The summed E-state index contributed by atoms with van der Waals surface area (Å²) >= 11 is 1.33. The van der Waals surface area contributed by atoms with E-state index in [4.69, 9.17) is 4.74 Å². The summed E-state index contributed by atoms with van der Waals surface area (Å²) in [5.41, 5.74) is 0.424. The van der Waals surface area contributed by atoms with E-state index in [-0.39, 0.29) is 18.3 Å². The van der Waals surface area contributed by atoms with Crippen molar-refractivity contribution in [3.05, 3.63) is 17.0 Å². The lowest BCUT2D eigenvalue weighted by atomic mass is 10.3. The number of hydrogen-bond acceptors (Lipinski definition) is 6. The highest BCUT2D eigenvalue weighted by Crippen LogP contribution is 2.24. The van der Waals surface area contributed by atoms with Crippen molar-refractivity contribution < 1.29 is 14.3 Å². The lowest BCUT2D eigenvalue weighted by Crippen LogP contribution is -2.35. The summed E-state index contributed by atoms with van der Waals surface area (Å²) in [5.74, 6) is -0.488. The molecule has 0 bridgehead atoms. The lowest BCUT2D eigenvalue weighted by molar-refractivity contribution is -0.117. The molecule has 0 atom stereocenters. The molecule has 22 heavy (non-hydrogen) atoms. The normalized spacial score (nSPS) is 15.5. The fraction of sp³-hybridized carbons (Fsp3) is 0.571. The van der Waals surface area contributed by atoms with Crippen LogP contribution in [0.3, 0.4) is 0 Å². The van der Waals surface area contributed by atoms with E-state index in [1.807, 2.05) is 0 Å². The molecule has 0 radical (unpaired) electrons. The predicted molar refractivity (Wildman–Crippen MR) is 90.1 cm³/mol. The second-order valence-electron chi connectivity index (χ2n) is 4.81. The Labute approximate surface area is 140 Å². The predicted octanol–water partition coefficient (Wildman–Crippen LogP) is 1.58. The molecule has 1 aromatic rings. The van der Waals surface area contributed by atoms with Gasteiger partial charge in [-0.1, -0.05) is 0 Å². The third kappa shape index (κ3) is 5.57. The first-order valence-corrected chi connectivity index (χ1v) is 8.06. The van der Waals surface area contributed by atoms with Crippen LogP contribution in [0.2, 0.25) is 0 Å². The Morgan fingerprint density at radius 1 is 1.41 bits per heavy atom. The maximum atomic E-state index is 12.1. The van der Waals surface area contributed by atoms with Crippen molar-refractivity contribution in [1.82, 2.24) is 10.2 Å². The van der Waals surface area contributed by atoms with Gasteiger partial charge in [0, 0.05) is 13.1 Å². The molecule has 0 unspecified atom stereocenters. The first-order chi connectivity index (χ1) is 10.2. The molecule has 1 aromatic heterocycles. The molecule has 1 fully saturated rings. The Kier molecular flexibility index (Phi) is 8.40. The standard InChI is InChI=1S/C14H21N3O3S.ClH/c1-2-20-14(19)11-4-9-21-13(11)16-12(18)10-17-7-3-5-15-6-8-17;/h4,9,15H,2-3,5-8,10H2,1H3,(H,16,18);1H. The minimum absolute atomic E-state index is 0. The minimum Gasteiger partial charge on any atom is -0.462 e. The van der Waals surface area contributed by atoms with Crippen LogP contribution in [0.15, 0.2) is 11.4 Å². The van der Waals surface area contributed by atoms with Gasteiger partial charge < -0.3 is 15.4 Å². The number of hydrogen-bond donors (Lipinski definition) is 2. The number of carbonyl (C=O) groups is 2. The molecular weight excluding hydrogens is 326 g/mol. The maximum absolute atomic E-state index is 12.1. The number of thiophene rings is 1. The molecule has 2 N–H and O–H groups in total. The summed E-state index contributed by atoms with van der Waals surface area (Å²) in [6, 6.07) is 1.67. The molecule has 0 aliphatic carbocycles. The summed E-state index contributed by atoms with van der Waals surface area (Å²) in [6.07, 6.45) is 1.04. The topological polar surface area (TPSA) is 70.7 Å². The fourth-order valence-electron chi connectivity index (χ4n) is 2.20. The van der Waals surface area contributed by atoms with Crippen LogP contribution in [0, 0.1) is 0 Å². The molecule has 8 heteroatoms. The molecule has 124 valence electrons. The van der Waals surface area contributed by atoms with Crippen LogP contribution in [0.5, 0.6) is 0 Å². The van der Waals surface area contributed by atoms with Crippen molar-refractivity contribution in [3.63, 3.8) is 0 Å². The van der Waals surface area contributed by atoms with Gasteiger partial charge in [0.15, 0.2) is 0 Å². The number of halogens is 1. The molecular formula is C14H22ClN3O3S. The Bertz CT molecular complexity index is 487. The van der Waals surface area contributed by atoms with Crippen molar-refractivity contribution in [1.29, 1.82) is 0 Å². The smallest absolute Gasteiger partial charge is 0.341 e. The van der Waals surface area contributed by atoms with E-state index >= 15 is 0 Å². The van der Waals surface area contributed by atoms with E-state index in [0.29, 0.717) is 23.7 Å². The molecule has 0 saturated carbocycles. The molecule has 6 nitrogen and oxygen atoms in total. The van der Waals surface area contributed by atoms with Gasteiger partial charge in [0.1, 0.15) is 5.00 Å². The van der Waals surface area contributed by atoms with Crippen LogP contribution in [0.25, 0.3) is 0 Å². The zero-order valence-corrected chi connectivity index (χ0v) is 14.2. The van der Waals surface area contributed by atoms with E-state index in [1.165, 1.54) is 11.3 Å². The van der Waals surface area contributed by atoms with Crippen molar-refractivity contribution in [2.24, 2.45) is 0 Å². The largest absolute Gasteiger partial charge is 0.462 e. The number of amides is 1. The summed E-state index contributed by atoms with van der Waals surface area (Å²) < 4.78 is 4.97. The van der Waals surface area contributed by atoms with Gasteiger partial charge in [-0.15, -0.1) is 23.7 Å². The van der Waals surface area contributed by atoms with E-state index in [9.17, 15) is 9.59 Å². The van der Waals surface area contributed by atoms with Gasteiger partial charge in [0.05, 0.1) is 18.7 Å². The highest BCUT2D eigenvalue weighted by atomic mass is 35.5. The van der Waals surface area contributed by atoms with Gasteiger partial charge in [-0.2, -0.15) is 0 Å². The zero-order chi connectivity index (χ0) is 15.1. The van der Waals surface area contributed by atoms with Crippen LogP contribution in [0.1, 0.15) is 23.7 Å². The fourth-order valence-corrected chi connectivity index (χ4v) is 3.00. The zero-order valence-electron chi connectivity index (χ0n) is 12.6. The second-order valence-corrected chi connectivity index (χ2v) is 5.73. The molecule has 0 spiro atoms. The monoisotopic (exact) mass is 347 g/mol. The van der Waals surface area contributed by atoms with Gasteiger partial charge in [-0.3, -0.25) is 9.69 Å². The van der Waals surface area contributed by atoms with Crippen LogP contribution < -0.4 is 10.6 Å². The van der Waals surface area contributed by atoms with Gasteiger partial charge >= 0.3 is 5.97 Å². The Morgan fingerprint density at radius 3 is 3.00 bits per heavy atom. The highest BCUT2D eigenvalue weighted by Gasteiger charge is 2.18. The van der Waals surface area contributed by atoms with Gasteiger partial charge in [0.2, 0.25) is 5.91 Å². The van der Waals surface area contributed by atoms with Crippen molar-refractivity contribution in [2.75, 3.05) is 44.6 Å². The summed E-state index contributed by atoms with van der Waals surface area (Å²) in [7, 11) is 0. The van der Waals surface area contributed by atoms with E-state index in [0.717, 1.165) is 32.6 Å². The number of nitrogens with one attached hydrogen (secondary N) is 2. The number of nitrogens with zero attached hydrogens (tertiary/aromatic N) is 1. The van der Waals surface area contributed by atoms with Gasteiger partial charge in [0.25, 0.3) is 0 Å². The second kappa shape index (κ2) is 9.78. The average molecular weight is 348 g/mol. The van der Waals surface area contributed by atoms with Crippen molar-refractivity contribution in [2.45, 2.75) is 13.3 Å². The summed E-state index contributed by atoms with van der Waals surface area (Å²) in [5, 5.41) is 8.45. The Hall–Kier alpha value is -1.15. The summed E-state index contributed by atoms with van der Waals surface area (Å²) in [4.78, 5) is 26.0. The number of anilines is 1. The molecule has 1 amide bonds. The first-order valence-electron chi connectivity index (χ1n) is 7.18. The third-order valence-corrected chi connectivity index (χ3v) is 4.04. The molecule has 2 heterocycles. The number of carbonyl (C=O) groups excluding carboxylic acids is 2. The van der Waals surface area contributed by atoms with Gasteiger partial charge in [-0.05, 0) is 37.9 Å². The van der Waals surface area contributed by atoms with E-state index in [2.05, 4.69) is 15.5 Å². The van der Waals surface area contributed by atoms with Crippen LogP contribution >= 0.6 is 23.7 Å². The maximum Gasteiger partial charge on any atom is 0.341 e. The van der Waals surface area contributed by atoms with Gasteiger partial charge in [-0.25, -0.2) is 4.79 Å². The van der Waals surface area contributed by atoms with E-state index in [1.54, 1.807) is 18.4 Å². The van der Waals surface area contributed by atoms with Crippen molar-refractivity contribution in [3.8, 4) is 0 Å². The molecule has 2 rings (SSSR count). The summed E-state index contributed by atoms with van der Waals surface area (Å²) in [6.45, 7) is 6.11. The van der Waals surface area contributed by atoms with Crippen molar-refractivity contribution >= 4 is 40.6 Å². The minimum atomic E-state index is -0.395. The highest BCUT2D eigenvalue weighted by molar-refractivity contribution is 7.14. The first kappa shape index (κ1) is 18.9. The average Bonchev–Trinajstić information content (AvgIpc) is 2.75. The molecule has 0 aromatic carbocycles. The Balaban J connectivity index is 0.00000242. The van der Waals surface area contributed by atoms with Crippen LogP contribution in [-0.4, -0.2) is 56.1 Å². The number of ether oxygens (including phenoxy) is 1. The molecule has 1 aliphatic heterocycles. The quantitative estimate of drug-likeness (QED) is 0.791. The number of rotatable bonds is 5.